The Balaban J connectivity index is -0.000000338. The number of esters is 3. The van der Waals surface area contributed by atoms with Gasteiger partial charge in [0.15, 0.2) is 0 Å². The van der Waals surface area contributed by atoms with Crippen molar-refractivity contribution in [2.24, 2.45) is 23.7 Å². The van der Waals surface area contributed by atoms with E-state index < -0.39 is 64.9 Å². The third kappa shape index (κ3) is 22.6. The van der Waals surface area contributed by atoms with Gasteiger partial charge in [-0.15, -0.1) is 0 Å². The zero-order valence-corrected chi connectivity index (χ0v) is 28.4. The Morgan fingerprint density at radius 3 is 1.19 bits per heavy atom. The van der Waals surface area contributed by atoms with Crippen molar-refractivity contribution in [3.05, 3.63) is 0 Å². The summed E-state index contributed by atoms with van der Waals surface area (Å²) in [6.07, 6.45) is -0.0816. The third-order valence-corrected chi connectivity index (χ3v) is 5.54. The summed E-state index contributed by atoms with van der Waals surface area (Å²) in [6, 6.07) is -1.73. The summed E-state index contributed by atoms with van der Waals surface area (Å²) in [4.78, 5) is 69.9. The van der Waals surface area contributed by atoms with Gasteiger partial charge in [-0.05, 0) is 67.2 Å². The second-order valence-electron chi connectivity index (χ2n) is 12.6. The number of rotatable bonds is 12. The number of carbonyl (C=O) groups excluding carboxylic acids is 5. The molecule has 0 aromatic carbocycles. The number of nitrogens with one attached hydrogen (secondary N) is 2. The quantitative estimate of drug-likeness (QED) is 0.153. The second kappa shape index (κ2) is 21.1. The molecule has 0 fully saturated rings. The van der Waals surface area contributed by atoms with E-state index in [-0.39, 0.29) is 54.9 Å². The van der Waals surface area contributed by atoms with E-state index in [9.17, 15) is 28.8 Å². The minimum absolute atomic E-state index is 0. The first-order chi connectivity index (χ1) is 18.4. The monoisotopic (exact) mass is 612 g/mol. The van der Waals surface area contributed by atoms with Crippen molar-refractivity contribution in [1.82, 2.24) is 10.6 Å². The van der Waals surface area contributed by atoms with Crippen molar-refractivity contribution in [1.29, 1.82) is 0 Å². The van der Waals surface area contributed by atoms with Crippen LogP contribution in [0.15, 0.2) is 0 Å². The normalized spacial score (nSPS) is 13.7. The molecule has 2 amide bonds. The summed E-state index contributed by atoms with van der Waals surface area (Å²) in [5.74, 6) is -4.63. The number of ether oxygens (including phenoxy) is 3. The smallest absolute Gasteiger partial charge is 0.870 e. The van der Waals surface area contributed by atoms with Gasteiger partial charge in [-0.25, -0.2) is 4.79 Å². The molecule has 0 heterocycles. The number of amides is 2. The molecule has 0 aromatic heterocycles. The molecule has 0 aliphatic heterocycles. The molecule has 0 aliphatic carbocycles. The van der Waals surface area contributed by atoms with Gasteiger partial charge in [-0.1, -0.05) is 27.7 Å². The van der Waals surface area contributed by atoms with E-state index in [1.165, 1.54) is 21.0 Å². The number of carboxylic acids is 1. The Kier molecular flexibility index (Phi) is 23.3. The fourth-order valence-corrected chi connectivity index (χ4v) is 3.33. The van der Waals surface area contributed by atoms with E-state index in [4.69, 9.17) is 14.6 Å². The Morgan fingerprint density at radius 1 is 0.651 bits per heavy atom. The average Bonchev–Trinajstić information content (AvgIpc) is 2.77. The SMILES string of the molecule is CC(C)[C@H](CC(=O)OC(C)(C)C)C(=O)N[C@@H](C)C(=O)O.COC(=O)[C@H](C)NC(=O)[C@@H](CC(=O)OC(C)(C)C)C(C)C.[Li+].[OH-]. The van der Waals surface area contributed by atoms with E-state index in [0.717, 1.165) is 0 Å². The summed E-state index contributed by atoms with van der Waals surface area (Å²) in [5, 5.41) is 13.7. The zero-order chi connectivity index (χ0) is 32.9. The fraction of sp³-hybridized carbons (Fsp3) is 0.793. The van der Waals surface area contributed by atoms with E-state index in [0.29, 0.717) is 0 Å². The Labute approximate surface area is 268 Å². The van der Waals surface area contributed by atoms with Gasteiger partial charge in [0.25, 0.3) is 0 Å². The maximum atomic E-state index is 12.2. The minimum Gasteiger partial charge on any atom is -0.870 e. The van der Waals surface area contributed by atoms with Crippen LogP contribution in [-0.2, 0) is 43.0 Å². The van der Waals surface area contributed by atoms with Crippen LogP contribution in [0.3, 0.4) is 0 Å². The van der Waals surface area contributed by atoms with Crippen molar-refractivity contribution in [2.45, 2.75) is 119 Å². The summed E-state index contributed by atoms with van der Waals surface area (Å²) in [7, 11) is 1.26. The zero-order valence-electron chi connectivity index (χ0n) is 28.4. The molecule has 0 bridgehead atoms. The van der Waals surface area contributed by atoms with Gasteiger partial charge in [0.2, 0.25) is 11.8 Å². The largest absolute Gasteiger partial charge is 1.00 e. The summed E-state index contributed by atoms with van der Waals surface area (Å²) in [5.41, 5.74) is -1.20. The minimum atomic E-state index is -1.11. The molecule has 0 radical (unpaired) electrons. The van der Waals surface area contributed by atoms with Gasteiger partial charge >= 0.3 is 42.7 Å². The van der Waals surface area contributed by atoms with E-state index >= 15 is 0 Å². The van der Waals surface area contributed by atoms with Crippen LogP contribution in [0, 0.1) is 23.7 Å². The van der Waals surface area contributed by atoms with Gasteiger partial charge in [0, 0.05) is 0 Å². The van der Waals surface area contributed by atoms with Crippen LogP contribution in [-0.4, -0.2) is 76.7 Å². The number of hydrogen-bond acceptors (Lipinski definition) is 10. The molecule has 14 heteroatoms. The van der Waals surface area contributed by atoms with Crippen LogP contribution in [0.1, 0.15) is 95.9 Å². The van der Waals surface area contributed by atoms with Crippen LogP contribution in [0.4, 0.5) is 0 Å². The second-order valence-corrected chi connectivity index (χ2v) is 12.6. The Hall–Kier alpha value is -2.62. The predicted octanol–water partition coefficient (Wildman–Crippen LogP) is 0.0750. The van der Waals surface area contributed by atoms with E-state index in [1.807, 2.05) is 13.8 Å². The number of methoxy groups -OCH3 is 1. The molecule has 0 rings (SSSR count). The van der Waals surface area contributed by atoms with Gasteiger partial charge in [-0.2, -0.15) is 0 Å². The number of carbonyl (C=O) groups is 6. The van der Waals surface area contributed by atoms with Gasteiger partial charge in [0.05, 0.1) is 31.8 Å². The van der Waals surface area contributed by atoms with E-state index in [1.54, 1.807) is 55.4 Å². The molecule has 0 saturated carbocycles. The van der Waals surface area contributed by atoms with E-state index in [2.05, 4.69) is 15.4 Å². The molecular weight excluding hydrogens is 559 g/mol. The third-order valence-electron chi connectivity index (χ3n) is 5.54. The molecule has 0 unspecified atom stereocenters. The number of carboxylic acid groups (broad SMARTS) is 1. The van der Waals surface area contributed by atoms with Crippen molar-refractivity contribution in [2.75, 3.05) is 7.11 Å². The summed E-state index contributed by atoms with van der Waals surface area (Å²) in [6.45, 7) is 20.8. The first-order valence-corrected chi connectivity index (χ1v) is 13.8. The molecule has 13 nitrogen and oxygen atoms in total. The van der Waals surface area contributed by atoms with Crippen LogP contribution >= 0.6 is 0 Å². The van der Waals surface area contributed by atoms with Crippen LogP contribution in [0.25, 0.3) is 0 Å². The predicted molar refractivity (Wildman–Crippen MR) is 154 cm³/mol. The molecule has 4 N–H and O–H groups in total. The molecule has 0 aromatic rings. The van der Waals surface area contributed by atoms with Crippen LogP contribution in [0.5, 0.6) is 0 Å². The first-order valence-electron chi connectivity index (χ1n) is 13.8. The summed E-state index contributed by atoms with van der Waals surface area (Å²) >= 11 is 0. The van der Waals surface area contributed by atoms with Gasteiger partial charge in [-0.3, -0.25) is 24.0 Å². The van der Waals surface area contributed by atoms with Crippen LogP contribution < -0.4 is 29.5 Å². The molecule has 0 aliphatic rings. The van der Waals surface area contributed by atoms with Crippen molar-refractivity contribution in [3.63, 3.8) is 0 Å². The first kappa shape index (κ1) is 47.3. The summed E-state index contributed by atoms with van der Waals surface area (Å²) < 4.78 is 15.0. The molecular formula is C29H53LiN2O11. The van der Waals surface area contributed by atoms with Crippen molar-refractivity contribution in [3.8, 4) is 0 Å². The molecule has 0 saturated heterocycles. The maximum Gasteiger partial charge on any atom is 1.00 e. The Morgan fingerprint density at radius 2 is 0.953 bits per heavy atom. The molecule has 0 spiro atoms. The molecule has 246 valence electrons. The maximum absolute atomic E-state index is 12.2. The van der Waals surface area contributed by atoms with Gasteiger partial charge < -0.3 is 35.4 Å². The topological polar surface area (TPSA) is 204 Å². The van der Waals surface area contributed by atoms with Crippen molar-refractivity contribution < 1.29 is 72.4 Å². The fourth-order valence-electron chi connectivity index (χ4n) is 3.33. The van der Waals surface area contributed by atoms with Crippen molar-refractivity contribution >= 4 is 35.7 Å². The van der Waals surface area contributed by atoms with Gasteiger partial charge in [0.1, 0.15) is 23.3 Å². The number of aliphatic carboxylic acids is 1. The molecule has 4 atom stereocenters. The Bertz CT molecular complexity index is 909. The standard InChI is InChI=1S/C15H27NO5.C14H25NO5.Li.H2O/c1-9(2)11(8-12(17)21-15(4,5)6)13(18)16-10(3)14(19)20-7;1-8(2)10(7-11(16)20-14(4,5)6)12(17)15-9(3)13(18)19;;/h9-11H,8H2,1-7H3,(H,16,18);8-10H,7H2,1-6H3,(H,15,17)(H,18,19);;1H2/q;;+1;/p-1/t10-,11-;9-,10-;;/m00../s1. The number of hydrogen-bond donors (Lipinski definition) is 3. The van der Waals surface area contributed by atoms with Crippen LogP contribution in [0.2, 0.25) is 0 Å². The molecule has 43 heavy (non-hydrogen) atoms. The average molecular weight is 613 g/mol.